The fourth-order valence-electron chi connectivity index (χ4n) is 1.20. The Morgan fingerprint density at radius 2 is 2.38 bits per heavy atom. The van der Waals surface area contributed by atoms with Gasteiger partial charge in [0, 0.05) is 11.8 Å². The molecule has 6 heteroatoms. The monoisotopic (exact) mass is 179 g/mol. The number of H-pyrrole nitrogens is 1. The zero-order valence-electron chi connectivity index (χ0n) is 7.11. The van der Waals surface area contributed by atoms with Gasteiger partial charge in [0.05, 0.1) is 6.54 Å². The molecular formula is C7H9N5O. The van der Waals surface area contributed by atoms with E-state index in [2.05, 4.69) is 15.3 Å². The Labute approximate surface area is 73.4 Å². The Bertz CT molecular complexity index is 497. The van der Waals surface area contributed by atoms with Crippen molar-refractivity contribution in [1.29, 1.82) is 0 Å². The number of rotatable bonds is 1. The van der Waals surface area contributed by atoms with E-state index in [4.69, 9.17) is 5.73 Å². The van der Waals surface area contributed by atoms with Gasteiger partial charge in [-0.2, -0.15) is 0 Å². The molecule has 0 radical (unpaired) electrons. The molecule has 0 spiro atoms. The van der Waals surface area contributed by atoms with Crippen molar-refractivity contribution in [2.75, 3.05) is 0 Å². The second-order valence-electron chi connectivity index (χ2n) is 2.78. The van der Waals surface area contributed by atoms with Crippen LogP contribution in [0.4, 0.5) is 0 Å². The van der Waals surface area contributed by atoms with Crippen LogP contribution in [0, 0.1) is 6.92 Å². The molecule has 3 N–H and O–H groups in total. The molecule has 0 aromatic carbocycles. The second kappa shape index (κ2) is 2.67. The first-order valence-electron chi connectivity index (χ1n) is 3.86. The Balaban J connectivity index is 2.90. The molecule has 0 saturated heterocycles. The molecule has 0 aliphatic heterocycles. The van der Waals surface area contributed by atoms with Crippen molar-refractivity contribution in [3.8, 4) is 0 Å². The van der Waals surface area contributed by atoms with Gasteiger partial charge in [-0.25, -0.2) is 4.52 Å². The smallest absolute Gasteiger partial charge is 0.226 e. The molecule has 6 nitrogen and oxygen atoms in total. The van der Waals surface area contributed by atoms with Gasteiger partial charge in [-0.3, -0.25) is 9.89 Å². The van der Waals surface area contributed by atoms with Gasteiger partial charge in [-0.1, -0.05) is 0 Å². The van der Waals surface area contributed by atoms with E-state index in [-0.39, 0.29) is 17.6 Å². The third-order valence-corrected chi connectivity index (χ3v) is 1.77. The highest BCUT2D eigenvalue weighted by Crippen LogP contribution is 1.96. The highest BCUT2D eigenvalue weighted by atomic mass is 16.1. The molecule has 0 aliphatic carbocycles. The van der Waals surface area contributed by atoms with Crippen molar-refractivity contribution >= 4 is 5.65 Å². The maximum absolute atomic E-state index is 11.3. The number of nitrogens with two attached hydrogens (primary N) is 1. The van der Waals surface area contributed by atoms with Gasteiger partial charge < -0.3 is 5.73 Å². The summed E-state index contributed by atoms with van der Waals surface area (Å²) in [4.78, 5) is 11.3. The van der Waals surface area contributed by atoms with Crippen LogP contribution in [0.3, 0.4) is 0 Å². The topological polar surface area (TPSA) is 89.1 Å². The fourth-order valence-corrected chi connectivity index (χ4v) is 1.20. The van der Waals surface area contributed by atoms with Crippen molar-refractivity contribution in [3.63, 3.8) is 0 Å². The minimum absolute atomic E-state index is 0.150. The van der Waals surface area contributed by atoms with Gasteiger partial charge >= 0.3 is 0 Å². The molecule has 0 saturated carbocycles. The Hall–Kier alpha value is -1.69. The molecule has 0 unspecified atom stereocenters. The van der Waals surface area contributed by atoms with E-state index in [1.165, 1.54) is 10.6 Å². The highest BCUT2D eigenvalue weighted by molar-refractivity contribution is 5.36. The van der Waals surface area contributed by atoms with E-state index in [1.54, 1.807) is 6.92 Å². The van der Waals surface area contributed by atoms with E-state index < -0.39 is 0 Å². The molecule has 0 bridgehead atoms. The van der Waals surface area contributed by atoms with Gasteiger partial charge in [-0.15, -0.1) is 10.2 Å². The minimum atomic E-state index is -0.150. The molecular weight excluding hydrogens is 170 g/mol. The average molecular weight is 179 g/mol. The predicted molar refractivity (Wildman–Crippen MR) is 46.2 cm³/mol. The largest absolute Gasteiger partial charge is 0.324 e. The summed E-state index contributed by atoms with van der Waals surface area (Å²) in [6.45, 7) is 2.04. The van der Waals surface area contributed by atoms with Crippen LogP contribution in [0.25, 0.3) is 5.65 Å². The van der Waals surface area contributed by atoms with Crippen molar-refractivity contribution < 1.29 is 0 Å². The van der Waals surface area contributed by atoms with Crippen LogP contribution >= 0.6 is 0 Å². The van der Waals surface area contributed by atoms with Crippen molar-refractivity contribution in [2.45, 2.75) is 13.5 Å². The molecule has 0 atom stereocenters. The number of aromatic amines is 1. The van der Waals surface area contributed by atoms with Gasteiger partial charge in [-0.05, 0) is 6.92 Å². The summed E-state index contributed by atoms with van der Waals surface area (Å²) in [6.07, 6.45) is 0. The van der Waals surface area contributed by atoms with Crippen LogP contribution in [0.1, 0.15) is 11.5 Å². The van der Waals surface area contributed by atoms with Crippen LogP contribution in [-0.2, 0) is 6.54 Å². The summed E-state index contributed by atoms with van der Waals surface area (Å²) in [5.74, 6) is 0.552. The minimum Gasteiger partial charge on any atom is -0.324 e. The quantitative estimate of drug-likeness (QED) is 0.598. The first kappa shape index (κ1) is 7.93. The number of aryl methyl sites for hydroxylation is 1. The summed E-state index contributed by atoms with van der Waals surface area (Å²) >= 11 is 0. The molecule has 68 valence electrons. The number of aromatic nitrogens is 4. The lowest BCUT2D eigenvalue weighted by molar-refractivity contribution is 0.793. The standard InChI is InChI=1S/C7H9N5O/c1-4-2-5(13)7-10-9-6(3-8)12(7)11-4/h2,11H,3,8H2,1H3. The van der Waals surface area contributed by atoms with Crippen LogP contribution in [0.15, 0.2) is 10.9 Å². The molecule has 0 fully saturated rings. The maximum atomic E-state index is 11.3. The van der Waals surface area contributed by atoms with Crippen molar-refractivity contribution in [1.82, 2.24) is 19.8 Å². The van der Waals surface area contributed by atoms with E-state index in [0.717, 1.165) is 5.69 Å². The lowest BCUT2D eigenvalue weighted by Gasteiger charge is -1.97. The van der Waals surface area contributed by atoms with E-state index in [1.807, 2.05) is 0 Å². The normalized spacial score (nSPS) is 10.9. The summed E-state index contributed by atoms with van der Waals surface area (Å²) in [5, 5.41) is 10.4. The van der Waals surface area contributed by atoms with Crippen LogP contribution in [-0.4, -0.2) is 19.8 Å². The molecule has 0 amide bonds. The van der Waals surface area contributed by atoms with Gasteiger partial charge in [0.1, 0.15) is 0 Å². The molecule has 2 heterocycles. The van der Waals surface area contributed by atoms with E-state index in [9.17, 15) is 4.79 Å². The van der Waals surface area contributed by atoms with Gasteiger partial charge in [0.15, 0.2) is 5.82 Å². The van der Waals surface area contributed by atoms with E-state index in [0.29, 0.717) is 5.82 Å². The predicted octanol–water partition coefficient (Wildman–Crippen LogP) is -0.815. The first-order valence-corrected chi connectivity index (χ1v) is 3.86. The summed E-state index contributed by atoms with van der Waals surface area (Å²) < 4.78 is 1.51. The zero-order valence-corrected chi connectivity index (χ0v) is 7.11. The van der Waals surface area contributed by atoms with E-state index >= 15 is 0 Å². The zero-order chi connectivity index (χ0) is 9.42. The fraction of sp³-hybridized carbons (Fsp3) is 0.286. The number of fused-ring (bicyclic) bond motifs is 1. The lowest BCUT2D eigenvalue weighted by Crippen LogP contribution is -2.12. The Kier molecular flexibility index (Phi) is 1.63. The van der Waals surface area contributed by atoms with Crippen LogP contribution in [0.5, 0.6) is 0 Å². The third-order valence-electron chi connectivity index (χ3n) is 1.77. The number of hydrogen-bond donors (Lipinski definition) is 2. The van der Waals surface area contributed by atoms with Crippen molar-refractivity contribution in [2.24, 2.45) is 5.73 Å². The molecule has 2 aromatic heterocycles. The van der Waals surface area contributed by atoms with Crippen molar-refractivity contribution in [3.05, 3.63) is 27.8 Å². The average Bonchev–Trinajstić information content (AvgIpc) is 2.47. The lowest BCUT2D eigenvalue weighted by atomic mass is 10.4. The number of nitrogens with zero attached hydrogens (tertiary/aromatic N) is 3. The van der Waals surface area contributed by atoms with Crippen LogP contribution < -0.4 is 11.2 Å². The Morgan fingerprint density at radius 1 is 1.62 bits per heavy atom. The molecule has 2 rings (SSSR count). The molecule has 0 aliphatic rings. The van der Waals surface area contributed by atoms with Gasteiger partial charge in [0.2, 0.25) is 11.1 Å². The maximum Gasteiger partial charge on any atom is 0.226 e. The number of nitrogens with one attached hydrogen (secondary N) is 1. The number of hydrogen-bond acceptors (Lipinski definition) is 4. The SMILES string of the molecule is Cc1cc(=O)c2nnc(CN)n2[nH]1. The second-order valence-corrected chi connectivity index (χ2v) is 2.78. The first-order chi connectivity index (χ1) is 6.22. The highest BCUT2D eigenvalue weighted by Gasteiger charge is 2.06. The third kappa shape index (κ3) is 1.11. The summed E-state index contributed by atoms with van der Waals surface area (Å²) in [5.41, 5.74) is 6.31. The summed E-state index contributed by atoms with van der Waals surface area (Å²) in [6, 6.07) is 1.48. The Morgan fingerprint density at radius 3 is 3.08 bits per heavy atom. The summed E-state index contributed by atoms with van der Waals surface area (Å²) in [7, 11) is 0. The van der Waals surface area contributed by atoms with Crippen LogP contribution in [0.2, 0.25) is 0 Å². The van der Waals surface area contributed by atoms with Gasteiger partial charge in [0.25, 0.3) is 0 Å². The molecule has 13 heavy (non-hydrogen) atoms. The molecule has 2 aromatic rings.